The fraction of sp³-hybridized carbons (Fsp3) is 0.222. The van der Waals surface area contributed by atoms with Crippen molar-refractivity contribution in [3.8, 4) is 5.75 Å². The molecular weight excluding hydrogens is 352 g/mol. The van der Waals surface area contributed by atoms with Gasteiger partial charge in [0.05, 0.1) is 4.92 Å². The maximum Gasteiger partial charge on any atom is 0.269 e. The SMILES string of the molecule is C[C@@H](Oc1ccccc1)c1nnc(SCc2ccc([N+](=O)[O-])cc2)n1C. The Kier molecular flexibility index (Phi) is 5.52. The van der Waals surface area contributed by atoms with Crippen LogP contribution in [0.5, 0.6) is 5.75 Å². The predicted octanol–water partition coefficient (Wildman–Crippen LogP) is 4.16. The summed E-state index contributed by atoms with van der Waals surface area (Å²) in [6.45, 7) is 1.93. The highest BCUT2D eigenvalue weighted by molar-refractivity contribution is 7.98. The van der Waals surface area contributed by atoms with Crippen molar-refractivity contribution in [3.63, 3.8) is 0 Å². The number of para-hydroxylation sites is 1. The first kappa shape index (κ1) is 17.9. The second kappa shape index (κ2) is 8.01. The standard InChI is InChI=1S/C18H18N4O3S/c1-13(25-16-6-4-3-5-7-16)17-19-20-18(21(17)2)26-12-14-8-10-15(11-9-14)22(23)24/h3-11,13H,12H2,1-2H3/t13-/m1/s1. The van der Waals surface area contributed by atoms with Gasteiger partial charge >= 0.3 is 0 Å². The summed E-state index contributed by atoms with van der Waals surface area (Å²) >= 11 is 1.52. The Morgan fingerprint density at radius 2 is 1.85 bits per heavy atom. The summed E-state index contributed by atoms with van der Waals surface area (Å²) in [7, 11) is 1.90. The van der Waals surface area contributed by atoms with Crippen molar-refractivity contribution in [1.82, 2.24) is 14.8 Å². The Bertz CT molecular complexity index is 881. The fourth-order valence-corrected chi connectivity index (χ4v) is 3.30. The molecule has 0 bridgehead atoms. The van der Waals surface area contributed by atoms with Gasteiger partial charge in [-0.2, -0.15) is 0 Å². The highest BCUT2D eigenvalue weighted by Gasteiger charge is 2.17. The van der Waals surface area contributed by atoms with Crippen LogP contribution in [0.2, 0.25) is 0 Å². The molecule has 0 aliphatic rings. The summed E-state index contributed by atoms with van der Waals surface area (Å²) in [5.74, 6) is 2.17. The zero-order valence-electron chi connectivity index (χ0n) is 14.4. The van der Waals surface area contributed by atoms with Gasteiger partial charge in [-0.05, 0) is 24.6 Å². The summed E-state index contributed by atoms with van der Waals surface area (Å²) in [4.78, 5) is 10.3. The number of nitro groups is 1. The van der Waals surface area contributed by atoms with E-state index in [-0.39, 0.29) is 11.8 Å². The van der Waals surface area contributed by atoms with E-state index in [0.717, 1.165) is 22.3 Å². The van der Waals surface area contributed by atoms with Gasteiger partial charge in [-0.25, -0.2) is 0 Å². The van der Waals surface area contributed by atoms with Crippen molar-refractivity contribution in [2.75, 3.05) is 0 Å². The Labute approximate surface area is 155 Å². The van der Waals surface area contributed by atoms with Gasteiger partial charge in [-0.15, -0.1) is 10.2 Å². The van der Waals surface area contributed by atoms with Crippen LogP contribution in [0.1, 0.15) is 24.4 Å². The third-order valence-corrected chi connectivity index (χ3v) is 4.89. The third-order valence-electron chi connectivity index (χ3n) is 3.80. The maximum atomic E-state index is 10.7. The highest BCUT2D eigenvalue weighted by Crippen LogP contribution is 2.26. The third kappa shape index (κ3) is 4.20. The summed E-state index contributed by atoms with van der Waals surface area (Å²) in [6, 6.07) is 16.1. The molecule has 0 radical (unpaired) electrons. The summed E-state index contributed by atoms with van der Waals surface area (Å²) in [5, 5.41) is 19.9. The van der Waals surface area contributed by atoms with Crippen LogP contribution >= 0.6 is 11.8 Å². The molecule has 0 fully saturated rings. The van der Waals surface area contributed by atoms with Gasteiger partial charge in [0.1, 0.15) is 5.75 Å². The van der Waals surface area contributed by atoms with E-state index in [4.69, 9.17) is 4.74 Å². The lowest BCUT2D eigenvalue weighted by molar-refractivity contribution is -0.384. The molecule has 134 valence electrons. The number of non-ortho nitro benzene ring substituents is 1. The monoisotopic (exact) mass is 370 g/mol. The molecule has 0 aliphatic carbocycles. The zero-order chi connectivity index (χ0) is 18.5. The number of hydrogen-bond acceptors (Lipinski definition) is 6. The number of hydrogen-bond donors (Lipinski definition) is 0. The van der Waals surface area contributed by atoms with Gasteiger partial charge in [-0.3, -0.25) is 10.1 Å². The molecular formula is C18H18N4O3S. The number of ether oxygens (including phenoxy) is 1. The summed E-state index contributed by atoms with van der Waals surface area (Å²) in [5.41, 5.74) is 1.07. The molecule has 1 heterocycles. The first-order chi connectivity index (χ1) is 12.5. The van der Waals surface area contributed by atoms with E-state index in [1.807, 2.05) is 48.9 Å². The lowest BCUT2D eigenvalue weighted by Gasteiger charge is -2.14. The van der Waals surface area contributed by atoms with E-state index >= 15 is 0 Å². The topological polar surface area (TPSA) is 83.1 Å². The van der Waals surface area contributed by atoms with Crippen LogP contribution < -0.4 is 4.74 Å². The van der Waals surface area contributed by atoms with Crippen molar-refractivity contribution < 1.29 is 9.66 Å². The van der Waals surface area contributed by atoms with Gasteiger partial charge in [-0.1, -0.05) is 42.1 Å². The van der Waals surface area contributed by atoms with Crippen LogP contribution in [0.4, 0.5) is 5.69 Å². The van der Waals surface area contributed by atoms with Crippen LogP contribution in [-0.4, -0.2) is 19.7 Å². The molecule has 3 rings (SSSR count). The molecule has 0 saturated heterocycles. The van der Waals surface area contributed by atoms with Crippen LogP contribution in [0.25, 0.3) is 0 Å². The van der Waals surface area contributed by atoms with Crippen LogP contribution in [0, 0.1) is 10.1 Å². The molecule has 7 nitrogen and oxygen atoms in total. The minimum Gasteiger partial charge on any atom is -0.483 e. The molecule has 0 amide bonds. The van der Waals surface area contributed by atoms with Crippen molar-refractivity contribution in [2.45, 2.75) is 23.9 Å². The Morgan fingerprint density at radius 3 is 2.50 bits per heavy atom. The number of nitrogens with zero attached hydrogens (tertiary/aromatic N) is 4. The van der Waals surface area contributed by atoms with Gasteiger partial charge < -0.3 is 9.30 Å². The van der Waals surface area contributed by atoms with E-state index in [1.165, 1.54) is 23.9 Å². The molecule has 0 saturated carbocycles. The summed E-state index contributed by atoms with van der Waals surface area (Å²) in [6.07, 6.45) is -0.233. The number of aromatic nitrogens is 3. The lowest BCUT2D eigenvalue weighted by atomic mass is 10.2. The molecule has 0 aliphatic heterocycles. The minimum absolute atomic E-state index is 0.0894. The van der Waals surface area contributed by atoms with Crippen LogP contribution in [-0.2, 0) is 12.8 Å². The molecule has 1 aromatic heterocycles. The minimum atomic E-state index is -0.403. The van der Waals surface area contributed by atoms with E-state index in [9.17, 15) is 10.1 Å². The Hall–Kier alpha value is -2.87. The second-order valence-electron chi connectivity index (χ2n) is 5.69. The highest BCUT2D eigenvalue weighted by atomic mass is 32.2. The molecule has 8 heteroatoms. The normalized spacial score (nSPS) is 11.9. The van der Waals surface area contributed by atoms with E-state index in [1.54, 1.807) is 12.1 Å². The molecule has 2 aromatic carbocycles. The number of thioether (sulfide) groups is 1. The van der Waals surface area contributed by atoms with E-state index in [0.29, 0.717) is 5.75 Å². The van der Waals surface area contributed by atoms with Crippen molar-refractivity contribution in [2.24, 2.45) is 7.05 Å². The molecule has 0 N–H and O–H groups in total. The van der Waals surface area contributed by atoms with E-state index < -0.39 is 4.92 Å². The van der Waals surface area contributed by atoms with Crippen molar-refractivity contribution in [1.29, 1.82) is 0 Å². The first-order valence-corrected chi connectivity index (χ1v) is 9.00. The molecule has 26 heavy (non-hydrogen) atoms. The predicted molar refractivity (Wildman–Crippen MR) is 99.1 cm³/mol. The lowest BCUT2D eigenvalue weighted by Crippen LogP contribution is -2.10. The number of rotatable bonds is 7. The second-order valence-corrected chi connectivity index (χ2v) is 6.63. The number of nitro benzene ring substituents is 1. The van der Waals surface area contributed by atoms with Gasteiger partial charge in [0.2, 0.25) is 0 Å². The smallest absolute Gasteiger partial charge is 0.269 e. The molecule has 1 atom stereocenters. The Balaban J connectivity index is 1.64. The van der Waals surface area contributed by atoms with Gasteiger partial charge in [0.15, 0.2) is 17.1 Å². The van der Waals surface area contributed by atoms with E-state index in [2.05, 4.69) is 10.2 Å². The average Bonchev–Trinajstić information content (AvgIpc) is 3.02. The molecule has 0 unspecified atom stereocenters. The van der Waals surface area contributed by atoms with Crippen LogP contribution in [0.3, 0.4) is 0 Å². The summed E-state index contributed by atoms with van der Waals surface area (Å²) < 4.78 is 7.80. The zero-order valence-corrected chi connectivity index (χ0v) is 15.2. The van der Waals surface area contributed by atoms with Crippen molar-refractivity contribution >= 4 is 17.4 Å². The first-order valence-electron chi connectivity index (χ1n) is 8.01. The van der Waals surface area contributed by atoms with Gasteiger partial charge in [0.25, 0.3) is 5.69 Å². The maximum absolute atomic E-state index is 10.7. The fourth-order valence-electron chi connectivity index (χ4n) is 2.42. The quantitative estimate of drug-likeness (QED) is 0.353. The largest absolute Gasteiger partial charge is 0.483 e. The number of benzene rings is 2. The van der Waals surface area contributed by atoms with Crippen molar-refractivity contribution in [3.05, 3.63) is 76.1 Å². The van der Waals surface area contributed by atoms with Crippen LogP contribution in [0.15, 0.2) is 59.8 Å². The Morgan fingerprint density at radius 1 is 1.15 bits per heavy atom. The molecule has 3 aromatic rings. The molecule has 0 spiro atoms. The van der Waals surface area contributed by atoms with Gasteiger partial charge in [0, 0.05) is 24.9 Å². The average molecular weight is 370 g/mol.